The average Bonchev–Trinajstić information content (AvgIpc) is 2.99. The number of primary amides is 1. The SMILES string of the molecule is Cc1cc(C(N)=O)ccc1OCC1CO1. The van der Waals surface area contributed by atoms with Crippen LogP contribution in [0.5, 0.6) is 5.75 Å². The number of benzene rings is 1. The third-order valence-electron chi connectivity index (χ3n) is 2.29. The van der Waals surface area contributed by atoms with Crippen molar-refractivity contribution in [3.8, 4) is 5.75 Å². The van der Waals surface area contributed by atoms with Gasteiger partial charge in [-0.05, 0) is 30.7 Å². The van der Waals surface area contributed by atoms with Gasteiger partial charge in [0, 0.05) is 5.56 Å². The molecule has 1 amide bonds. The molecular weight excluding hydrogens is 194 g/mol. The predicted octanol–water partition coefficient (Wildman–Crippen LogP) is 0.872. The highest BCUT2D eigenvalue weighted by Gasteiger charge is 2.23. The van der Waals surface area contributed by atoms with E-state index in [1.165, 1.54) is 0 Å². The van der Waals surface area contributed by atoms with Crippen molar-refractivity contribution in [1.29, 1.82) is 0 Å². The van der Waals surface area contributed by atoms with Gasteiger partial charge in [-0.1, -0.05) is 0 Å². The molecule has 0 bridgehead atoms. The summed E-state index contributed by atoms with van der Waals surface area (Å²) in [5.41, 5.74) is 6.58. The Labute approximate surface area is 88.0 Å². The minimum Gasteiger partial charge on any atom is -0.491 e. The van der Waals surface area contributed by atoms with Crippen LogP contribution in [-0.4, -0.2) is 25.2 Å². The molecule has 1 aliphatic rings. The van der Waals surface area contributed by atoms with Crippen LogP contribution in [0.1, 0.15) is 15.9 Å². The summed E-state index contributed by atoms with van der Waals surface area (Å²) >= 11 is 0. The van der Waals surface area contributed by atoms with Crippen LogP contribution in [0.4, 0.5) is 0 Å². The lowest BCUT2D eigenvalue weighted by Crippen LogP contribution is -2.11. The molecule has 0 saturated carbocycles. The molecule has 0 aromatic heterocycles. The summed E-state index contributed by atoms with van der Waals surface area (Å²) in [6.45, 7) is 3.23. The molecule has 2 rings (SSSR count). The van der Waals surface area contributed by atoms with Crippen molar-refractivity contribution in [3.63, 3.8) is 0 Å². The maximum atomic E-state index is 10.9. The Kier molecular flexibility index (Phi) is 2.60. The van der Waals surface area contributed by atoms with Gasteiger partial charge in [-0.25, -0.2) is 0 Å². The number of amides is 1. The third kappa shape index (κ3) is 2.47. The molecule has 2 N–H and O–H groups in total. The Morgan fingerprint density at radius 3 is 2.93 bits per heavy atom. The summed E-state index contributed by atoms with van der Waals surface area (Å²) in [5, 5.41) is 0. The van der Waals surface area contributed by atoms with E-state index in [4.69, 9.17) is 15.2 Å². The zero-order chi connectivity index (χ0) is 10.8. The Balaban J connectivity index is 2.07. The van der Waals surface area contributed by atoms with Gasteiger partial charge in [0.05, 0.1) is 6.61 Å². The van der Waals surface area contributed by atoms with Crippen molar-refractivity contribution in [2.75, 3.05) is 13.2 Å². The van der Waals surface area contributed by atoms with Crippen LogP contribution in [0.25, 0.3) is 0 Å². The zero-order valence-corrected chi connectivity index (χ0v) is 8.53. The van der Waals surface area contributed by atoms with Crippen molar-refractivity contribution >= 4 is 5.91 Å². The summed E-state index contributed by atoms with van der Waals surface area (Å²) in [5.74, 6) is 0.352. The van der Waals surface area contributed by atoms with Crippen molar-refractivity contribution < 1.29 is 14.3 Å². The summed E-state index contributed by atoms with van der Waals surface area (Å²) < 4.78 is 10.6. The second-order valence-corrected chi connectivity index (χ2v) is 3.61. The lowest BCUT2D eigenvalue weighted by molar-refractivity contribution is 0.1000. The Morgan fingerprint density at radius 1 is 1.67 bits per heavy atom. The summed E-state index contributed by atoms with van der Waals surface area (Å²) in [6.07, 6.45) is 0.236. The molecule has 1 heterocycles. The van der Waals surface area contributed by atoms with Gasteiger partial charge in [-0.3, -0.25) is 4.79 Å². The molecule has 1 aromatic carbocycles. The summed E-state index contributed by atoms with van der Waals surface area (Å²) in [6, 6.07) is 5.15. The van der Waals surface area contributed by atoms with Gasteiger partial charge in [0.25, 0.3) is 0 Å². The molecular formula is C11H13NO3. The smallest absolute Gasteiger partial charge is 0.248 e. The lowest BCUT2D eigenvalue weighted by atomic mass is 10.1. The molecule has 0 radical (unpaired) electrons. The highest BCUT2D eigenvalue weighted by molar-refractivity contribution is 5.93. The molecule has 4 nitrogen and oxygen atoms in total. The van der Waals surface area contributed by atoms with Crippen LogP contribution in [0.3, 0.4) is 0 Å². The van der Waals surface area contributed by atoms with Crippen LogP contribution < -0.4 is 10.5 Å². The average molecular weight is 207 g/mol. The Bertz CT molecular complexity index is 385. The molecule has 15 heavy (non-hydrogen) atoms. The summed E-state index contributed by atoms with van der Waals surface area (Å²) in [7, 11) is 0. The highest BCUT2D eigenvalue weighted by Crippen LogP contribution is 2.20. The van der Waals surface area contributed by atoms with Crippen LogP contribution in [0, 0.1) is 6.92 Å². The lowest BCUT2D eigenvalue weighted by Gasteiger charge is -2.08. The standard InChI is InChI=1S/C11H13NO3/c1-7-4-8(11(12)13)2-3-10(7)15-6-9-5-14-9/h2-4,9H,5-6H2,1H3,(H2,12,13). The van der Waals surface area contributed by atoms with Crippen molar-refractivity contribution in [1.82, 2.24) is 0 Å². The molecule has 0 spiro atoms. The molecule has 1 saturated heterocycles. The topological polar surface area (TPSA) is 64.9 Å². The van der Waals surface area contributed by atoms with Crippen LogP contribution >= 0.6 is 0 Å². The zero-order valence-electron chi connectivity index (χ0n) is 8.53. The quantitative estimate of drug-likeness (QED) is 0.745. The fraction of sp³-hybridized carbons (Fsp3) is 0.364. The van der Waals surface area contributed by atoms with E-state index in [1.807, 2.05) is 6.92 Å². The number of aryl methyl sites for hydroxylation is 1. The molecule has 1 aliphatic heterocycles. The third-order valence-corrected chi connectivity index (χ3v) is 2.29. The molecule has 4 heteroatoms. The monoisotopic (exact) mass is 207 g/mol. The van der Waals surface area contributed by atoms with Gasteiger partial charge in [0.1, 0.15) is 18.5 Å². The molecule has 0 aliphatic carbocycles. The Hall–Kier alpha value is -1.55. The first-order valence-corrected chi connectivity index (χ1v) is 4.81. The number of rotatable bonds is 4. The van der Waals surface area contributed by atoms with Crippen LogP contribution in [0.15, 0.2) is 18.2 Å². The number of carbonyl (C=O) groups is 1. The van der Waals surface area contributed by atoms with E-state index in [2.05, 4.69) is 0 Å². The number of ether oxygens (including phenoxy) is 2. The number of hydrogen-bond acceptors (Lipinski definition) is 3. The fourth-order valence-electron chi connectivity index (χ4n) is 1.31. The number of epoxide rings is 1. The van der Waals surface area contributed by atoms with Gasteiger partial charge < -0.3 is 15.2 Å². The van der Waals surface area contributed by atoms with Gasteiger partial charge in [0.15, 0.2) is 0 Å². The van der Waals surface area contributed by atoms with Crippen LogP contribution in [-0.2, 0) is 4.74 Å². The first-order valence-electron chi connectivity index (χ1n) is 4.81. The maximum Gasteiger partial charge on any atom is 0.248 e. The second kappa shape index (κ2) is 3.90. The van der Waals surface area contributed by atoms with E-state index >= 15 is 0 Å². The minimum atomic E-state index is -0.421. The van der Waals surface area contributed by atoms with E-state index in [9.17, 15) is 4.79 Å². The van der Waals surface area contributed by atoms with E-state index < -0.39 is 5.91 Å². The van der Waals surface area contributed by atoms with Gasteiger partial charge in [-0.15, -0.1) is 0 Å². The van der Waals surface area contributed by atoms with Crippen molar-refractivity contribution in [2.24, 2.45) is 5.73 Å². The fourth-order valence-corrected chi connectivity index (χ4v) is 1.31. The molecule has 1 unspecified atom stereocenters. The highest BCUT2D eigenvalue weighted by atomic mass is 16.6. The molecule has 1 aromatic rings. The largest absolute Gasteiger partial charge is 0.491 e. The van der Waals surface area contributed by atoms with Crippen LogP contribution in [0.2, 0.25) is 0 Å². The van der Waals surface area contributed by atoms with Crippen molar-refractivity contribution in [2.45, 2.75) is 13.0 Å². The van der Waals surface area contributed by atoms with E-state index in [0.29, 0.717) is 12.2 Å². The first-order chi connectivity index (χ1) is 7.16. The second-order valence-electron chi connectivity index (χ2n) is 3.61. The minimum absolute atomic E-state index is 0.236. The number of hydrogen-bond donors (Lipinski definition) is 1. The summed E-state index contributed by atoms with van der Waals surface area (Å²) in [4.78, 5) is 10.9. The maximum absolute atomic E-state index is 10.9. The first kappa shape index (κ1) is 9.98. The molecule has 1 fully saturated rings. The van der Waals surface area contributed by atoms with E-state index in [0.717, 1.165) is 17.9 Å². The van der Waals surface area contributed by atoms with Gasteiger partial charge >= 0.3 is 0 Å². The number of carbonyl (C=O) groups excluding carboxylic acids is 1. The van der Waals surface area contributed by atoms with E-state index in [1.54, 1.807) is 18.2 Å². The number of nitrogens with two attached hydrogens (primary N) is 1. The van der Waals surface area contributed by atoms with E-state index in [-0.39, 0.29) is 6.10 Å². The van der Waals surface area contributed by atoms with Gasteiger partial charge in [0.2, 0.25) is 5.91 Å². The normalized spacial score (nSPS) is 18.6. The predicted molar refractivity (Wildman–Crippen MR) is 54.9 cm³/mol. The van der Waals surface area contributed by atoms with Gasteiger partial charge in [-0.2, -0.15) is 0 Å². The Morgan fingerprint density at radius 2 is 2.40 bits per heavy atom. The van der Waals surface area contributed by atoms with Crippen molar-refractivity contribution in [3.05, 3.63) is 29.3 Å². The molecule has 1 atom stereocenters. The molecule has 80 valence electrons.